The van der Waals surface area contributed by atoms with E-state index in [1.807, 2.05) is 0 Å². The number of benzene rings is 1. The van der Waals surface area contributed by atoms with Crippen molar-refractivity contribution in [2.24, 2.45) is 0 Å². The van der Waals surface area contributed by atoms with Gasteiger partial charge in [-0.1, -0.05) is 11.8 Å². The number of phenols is 1. The first kappa shape index (κ1) is 13.2. The second-order valence-electron chi connectivity index (χ2n) is 3.72. The molecule has 0 amide bonds. The first-order chi connectivity index (χ1) is 9.08. The van der Waals surface area contributed by atoms with Crippen molar-refractivity contribution >= 4 is 17.4 Å². The first-order valence-corrected chi connectivity index (χ1v) is 6.34. The largest absolute Gasteiger partial charge is 0.618 e. The number of hydrogen-bond donors (Lipinski definition) is 1. The summed E-state index contributed by atoms with van der Waals surface area (Å²) < 4.78 is 0.707. The minimum atomic E-state index is -0.524. The van der Waals surface area contributed by atoms with E-state index in [-0.39, 0.29) is 17.2 Å². The van der Waals surface area contributed by atoms with Crippen LogP contribution in [0.1, 0.15) is 5.56 Å². The Hall–Kier alpha value is -2.28. The van der Waals surface area contributed by atoms with E-state index in [4.69, 9.17) is 0 Å². The van der Waals surface area contributed by atoms with Crippen molar-refractivity contribution in [3.63, 3.8) is 0 Å². The summed E-state index contributed by atoms with van der Waals surface area (Å²) in [6.07, 6.45) is 1.37. The quantitative estimate of drug-likeness (QED) is 0.304. The molecule has 0 bridgehead atoms. The predicted molar refractivity (Wildman–Crippen MR) is 69.7 cm³/mol. The maximum Gasteiger partial charge on any atom is 0.270 e. The summed E-state index contributed by atoms with van der Waals surface area (Å²) in [5, 5.41) is 32.2. The summed E-state index contributed by atoms with van der Waals surface area (Å²) in [5.41, 5.74) is 0.333. The van der Waals surface area contributed by atoms with E-state index >= 15 is 0 Å². The molecule has 0 saturated heterocycles. The van der Waals surface area contributed by atoms with Gasteiger partial charge in [0.25, 0.3) is 10.7 Å². The second kappa shape index (κ2) is 5.57. The smallest absolute Gasteiger partial charge is 0.270 e. The molecule has 0 unspecified atom stereocenters. The van der Waals surface area contributed by atoms with Gasteiger partial charge in [0.15, 0.2) is 6.20 Å². The van der Waals surface area contributed by atoms with Crippen LogP contribution < -0.4 is 4.73 Å². The molecule has 0 aliphatic rings. The van der Waals surface area contributed by atoms with Crippen LogP contribution in [-0.4, -0.2) is 10.0 Å². The Bertz CT molecular complexity index is 618. The predicted octanol–water partition coefficient (Wildman–Crippen LogP) is 2.23. The molecule has 0 fully saturated rings. The van der Waals surface area contributed by atoms with Crippen molar-refractivity contribution in [2.75, 3.05) is 0 Å². The standard InChI is InChI=1S/C12H10N2O4S/c15-11-5-4-10(14(17)18)7-9(11)8-19-12-3-1-2-6-13(12)16/h1-7,15H,8H2. The highest BCUT2D eigenvalue weighted by Crippen LogP contribution is 2.28. The van der Waals surface area contributed by atoms with E-state index in [0.29, 0.717) is 15.3 Å². The molecule has 98 valence electrons. The second-order valence-corrected chi connectivity index (χ2v) is 4.72. The van der Waals surface area contributed by atoms with Crippen LogP contribution in [0.25, 0.3) is 0 Å². The fourth-order valence-electron chi connectivity index (χ4n) is 1.48. The van der Waals surface area contributed by atoms with Crippen molar-refractivity contribution in [1.29, 1.82) is 0 Å². The van der Waals surface area contributed by atoms with Crippen LogP contribution in [-0.2, 0) is 5.75 Å². The van der Waals surface area contributed by atoms with Crippen LogP contribution in [0.2, 0.25) is 0 Å². The fraction of sp³-hybridized carbons (Fsp3) is 0.0833. The summed E-state index contributed by atoms with van der Waals surface area (Å²) in [4.78, 5) is 10.1. The van der Waals surface area contributed by atoms with Gasteiger partial charge in [-0.15, -0.1) is 0 Å². The van der Waals surface area contributed by atoms with Gasteiger partial charge in [-0.3, -0.25) is 10.1 Å². The van der Waals surface area contributed by atoms with Gasteiger partial charge < -0.3 is 10.3 Å². The number of aromatic nitrogens is 1. The molecule has 0 aliphatic heterocycles. The Labute approximate surface area is 113 Å². The molecule has 0 radical (unpaired) electrons. The van der Waals surface area contributed by atoms with Crippen LogP contribution >= 0.6 is 11.8 Å². The molecule has 0 spiro atoms. The number of pyridine rings is 1. The molecule has 1 aromatic carbocycles. The number of thioether (sulfide) groups is 1. The number of non-ortho nitro benzene ring substituents is 1. The number of aromatic hydroxyl groups is 1. The number of phenolic OH excluding ortho intramolecular Hbond substituents is 1. The monoisotopic (exact) mass is 278 g/mol. The van der Waals surface area contributed by atoms with Crippen LogP contribution in [0.4, 0.5) is 5.69 Å². The van der Waals surface area contributed by atoms with E-state index in [9.17, 15) is 20.4 Å². The lowest BCUT2D eigenvalue weighted by atomic mass is 10.2. The lowest BCUT2D eigenvalue weighted by Gasteiger charge is -2.05. The number of rotatable bonds is 4. The molecule has 1 N–H and O–H groups in total. The molecule has 1 aromatic heterocycles. The highest BCUT2D eigenvalue weighted by molar-refractivity contribution is 7.98. The van der Waals surface area contributed by atoms with Gasteiger partial charge in [0.1, 0.15) is 5.75 Å². The van der Waals surface area contributed by atoms with Gasteiger partial charge >= 0.3 is 0 Å². The van der Waals surface area contributed by atoms with Crippen LogP contribution in [0, 0.1) is 15.3 Å². The molecule has 6 nitrogen and oxygen atoms in total. The number of nitro groups is 1. The third-order valence-corrected chi connectivity index (χ3v) is 3.51. The highest BCUT2D eigenvalue weighted by atomic mass is 32.2. The molecule has 1 heterocycles. The Morgan fingerprint density at radius 1 is 1.32 bits per heavy atom. The van der Waals surface area contributed by atoms with Gasteiger partial charge in [0.2, 0.25) is 0 Å². The topological polar surface area (TPSA) is 90.3 Å². The minimum absolute atomic E-state index is 0.0218. The molecule has 19 heavy (non-hydrogen) atoms. The molecule has 2 rings (SSSR count). The highest BCUT2D eigenvalue weighted by Gasteiger charge is 2.12. The summed E-state index contributed by atoms with van der Waals surface area (Å²) in [7, 11) is 0. The van der Waals surface area contributed by atoms with Crippen molar-refractivity contribution in [2.45, 2.75) is 10.8 Å². The van der Waals surface area contributed by atoms with Crippen molar-refractivity contribution in [3.05, 3.63) is 63.5 Å². The third-order valence-electron chi connectivity index (χ3n) is 2.44. The van der Waals surface area contributed by atoms with E-state index < -0.39 is 4.92 Å². The van der Waals surface area contributed by atoms with E-state index in [1.54, 1.807) is 18.2 Å². The zero-order valence-electron chi connectivity index (χ0n) is 9.72. The Balaban J connectivity index is 2.17. The van der Waals surface area contributed by atoms with Gasteiger partial charge in [-0.2, -0.15) is 4.73 Å². The van der Waals surface area contributed by atoms with Crippen molar-refractivity contribution < 1.29 is 14.8 Å². The maximum absolute atomic E-state index is 11.4. The third kappa shape index (κ3) is 3.14. The SMILES string of the molecule is O=[N+]([O-])c1ccc(O)c(CSc2cccc[n+]2[O-])c1. The lowest BCUT2D eigenvalue weighted by Crippen LogP contribution is -2.27. The molecule has 0 saturated carbocycles. The zero-order valence-corrected chi connectivity index (χ0v) is 10.5. The molecule has 7 heteroatoms. The Morgan fingerprint density at radius 3 is 2.79 bits per heavy atom. The molecule has 2 aromatic rings. The number of nitro benzene ring substituents is 1. The van der Waals surface area contributed by atoms with Gasteiger partial charge in [-0.25, -0.2) is 0 Å². The Kier molecular flexibility index (Phi) is 3.86. The number of nitrogens with zero attached hydrogens (tertiary/aromatic N) is 2. The molecule has 0 aliphatic carbocycles. The van der Waals surface area contributed by atoms with Crippen molar-refractivity contribution in [1.82, 2.24) is 0 Å². The number of hydrogen-bond acceptors (Lipinski definition) is 5. The molecular formula is C12H10N2O4S. The summed E-state index contributed by atoms with van der Waals surface area (Å²) in [6.45, 7) is 0. The average Bonchev–Trinajstić information content (AvgIpc) is 2.39. The normalized spacial score (nSPS) is 10.3. The molecular weight excluding hydrogens is 268 g/mol. The van der Waals surface area contributed by atoms with E-state index in [1.165, 1.54) is 36.2 Å². The van der Waals surface area contributed by atoms with Crippen LogP contribution in [0.3, 0.4) is 0 Å². The van der Waals surface area contributed by atoms with Crippen LogP contribution in [0.15, 0.2) is 47.6 Å². The van der Waals surface area contributed by atoms with Crippen LogP contribution in [0.5, 0.6) is 5.75 Å². The molecule has 0 atom stereocenters. The lowest BCUT2D eigenvalue weighted by molar-refractivity contribution is -0.645. The van der Waals surface area contributed by atoms with E-state index in [2.05, 4.69) is 0 Å². The van der Waals surface area contributed by atoms with Crippen molar-refractivity contribution in [3.8, 4) is 5.75 Å². The fourth-order valence-corrected chi connectivity index (χ4v) is 2.37. The average molecular weight is 278 g/mol. The first-order valence-electron chi connectivity index (χ1n) is 5.35. The maximum atomic E-state index is 11.4. The summed E-state index contributed by atoms with van der Waals surface area (Å²) in [5.74, 6) is 0.256. The van der Waals surface area contributed by atoms with E-state index in [0.717, 1.165) is 0 Å². The van der Waals surface area contributed by atoms with Gasteiger partial charge in [0.05, 0.1) is 4.92 Å². The minimum Gasteiger partial charge on any atom is -0.618 e. The zero-order chi connectivity index (χ0) is 13.8. The Morgan fingerprint density at radius 2 is 2.11 bits per heavy atom. The van der Waals surface area contributed by atoms with Gasteiger partial charge in [0, 0.05) is 35.6 Å². The summed E-state index contributed by atoms with van der Waals surface area (Å²) >= 11 is 1.20. The summed E-state index contributed by atoms with van der Waals surface area (Å²) in [6, 6.07) is 8.81. The van der Waals surface area contributed by atoms with Gasteiger partial charge in [-0.05, 0) is 12.1 Å².